The second-order valence-electron chi connectivity index (χ2n) is 3.95. The first-order chi connectivity index (χ1) is 9.49. The van der Waals surface area contributed by atoms with E-state index in [2.05, 4.69) is 4.98 Å². The zero-order chi connectivity index (χ0) is 14.7. The number of hydrogen-bond acceptors (Lipinski definition) is 5. The van der Waals surface area contributed by atoms with Crippen molar-refractivity contribution in [1.29, 1.82) is 0 Å². The Balaban J connectivity index is 2.09. The molecule has 2 rings (SSSR count). The van der Waals surface area contributed by atoms with Crippen molar-refractivity contribution in [2.24, 2.45) is 5.73 Å². The molecule has 0 saturated heterocycles. The van der Waals surface area contributed by atoms with Crippen molar-refractivity contribution in [3.05, 3.63) is 46.6 Å². The molecule has 0 aromatic carbocycles. The van der Waals surface area contributed by atoms with Gasteiger partial charge in [0.15, 0.2) is 23.3 Å². The molecule has 2 aromatic rings. The average molecular weight is 295 g/mol. The fourth-order valence-electron chi connectivity index (χ4n) is 1.58. The first-order valence-electron chi connectivity index (χ1n) is 5.66. The van der Waals surface area contributed by atoms with Gasteiger partial charge in [-0.2, -0.15) is 0 Å². The van der Waals surface area contributed by atoms with E-state index >= 15 is 0 Å². The van der Waals surface area contributed by atoms with Crippen molar-refractivity contribution < 1.29 is 18.7 Å². The molecule has 0 aliphatic heterocycles. The highest BCUT2D eigenvalue weighted by molar-refractivity contribution is 6.30. The summed E-state index contributed by atoms with van der Waals surface area (Å²) in [4.78, 5) is 26.8. The van der Waals surface area contributed by atoms with Crippen molar-refractivity contribution in [2.45, 2.75) is 6.92 Å². The molecular weight excluding hydrogens is 284 g/mol. The van der Waals surface area contributed by atoms with E-state index in [1.165, 1.54) is 12.3 Å². The third kappa shape index (κ3) is 2.97. The van der Waals surface area contributed by atoms with Crippen molar-refractivity contribution >= 4 is 23.3 Å². The summed E-state index contributed by atoms with van der Waals surface area (Å²) >= 11 is 5.80. The SMILES string of the molecule is Cc1oc(C(N)=O)cc1C(=O)COc1cccnc1Cl. The fourth-order valence-corrected chi connectivity index (χ4v) is 1.75. The van der Waals surface area contributed by atoms with E-state index in [1.54, 1.807) is 19.1 Å². The molecule has 0 aliphatic carbocycles. The summed E-state index contributed by atoms with van der Waals surface area (Å²) in [5.41, 5.74) is 5.33. The van der Waals surface area contributed by atoms with E-state index in [1.807, 2.05) is 0 Å². The van der Waals surface area contributed by atoms with Crippen molar-refractivity contribution in [2.75, 3.05) is 6.61 Å². The molecule has 7 heteroatoms. The third-order valence-corrected chi connectivity index (χ3v) is 2.83. The first-order valence-corrected chi connectivity index (χ1v) is 6.03. The molecule has 0 unspecified atom stereocenters. The van der Waals surface area contributed by atoms with Gasteiger partial charge in [-0.25, -0.2) is 4.98 Å². The van der Waals surface area contributed by atoms with E-state index in [0.717, 1.165) is 0 Å². The quantitative estimate of drug-likeness (QED) is 0.672. The van der Waals surface area contributed by atoms with Crippen LogP contribution in [0.15, 0.2) is 28.8 Å². The molecule has 20 heavy (non-hydrogen) atoms. The Morgan fingerprint density at radius 3 is 2.85 bits per heavy atom. The van der Waals surface area contributed by atoms with E-state index in [9.17, 15) is 9.59 Å². The first kappa shape index (κ1) is 14.1. The molecule has 0 radical (unpaired) electrons. The Bertz CT molecular complexity index is 666. The highest BCUT2D eigenvalue weighted by atomic mass is 35.5. The van der Waals surface area contributed by atoms with Crippen LogP contribution in [-0.4, -0.2) is 23.3 Å². The van der Waals surface area contributed by atoms with Crippen LogP contribution < -0.4 is 10.5 Å². The minimum Gasteiger partial charge on any atom is -0.482 e. The van der Waals surface area contributed by atoms with Gasteiger partial charge in [0, 0.05) is 12.3 Å². The van der Waals surface area contributed by atoms with Crippen LogP contribution in [-0.2, 0) is 0 Å². The second-order valence-corrected chi connectivity index (χ2v) is 4.31. The van der Waals surface area contributed by atoms with Gasteiger partial charge in [-0.05, 0) is 19.1 Å². The summed E-state index contributed by atoms with van der Waals surface area (Å²) in [5, 5.41) is 0.169. The van der Waals surface area contributed by atoms with Gasteiger partial charge in [0.25, 0.3) is 5.91 Å². The molecule has 2 aromatic heterocycles. The number of hydrogen-bond donors (Lipinski definition) is 1. The normalized spacial score (nSPS) is 10.3. The summed E-state index contributed by atoms with van der Waals surface area (Å²) in [7, 11) is 0. The summed E-state index contributed by atoms with van der Waals surface area (Å²) in [5.74, 6) is -0.532. The molecular formula is C13H11ClN2O4. The predicted molar refractivity (Wildman–Crippen MR) is 71.0 cm³/mol. The number of ketones is 1. The Labute approximate surface area is 119 Å². The standard InChI is InChI=1S/C13H11ClN2O4/c1-7-8(5-11(20-7)13(15)18)9(17)6-19-10-3-2-4-16-12(10)14/h2-5H,6H2,1H3,(H2,15,18). The predicted octanol–water partition coefficient (Wildman–Crippen LogP) is 2.00. The number of nitrogens with zero attached hydrogens (tertiary/aromatic N) is 1. The molecule has 0 aliphatic rings. The lowest BCUT2D eigenvalue weighted by molar-refractivity contribution is 0.0918. The average Bonchev–Trinajstić information content (AvgIpc) is 2.80. The smallest absolute Gasteiger partial charge is 0.284 e. The van der Waals surface area contributed by atoms with E-state index < -0.39 is 5.91 Å². The molecule has 0 atom stereocenters. The molecule has 0 fully saturated rings. The molecule has 0 spiro atoms. The Hall–Kier alpha value is -2.34. The number of Topliss-reactive ketones (excluding diaryl/α,β-unsaturated/α-hetero) is 1. The number of furan rings is 1. The molecule has 1 amide bonds. The number of aromatic nitrogens is 1. The molecule has 6 nitrogen and oxygen atoms in total. The summed E-state index contributed by atoms with van der Waals surface area (Å²) in [6, 6.07) is 4.54. The van der Waals surface area contributed by atoms with Crippen molar-refractivity contribution in [1.82, 2.24) is 4.98 Å². The highest BCUT2D eigenvalue weighted by Gasteiger charge is 2.18. The van der Waals surface area contributed by atoms with Gasteiger partial charge in [-0.3, -0.25) is 9.59 Å². The van der Waals surface area contributed by atoms with Gasteiger partial charge in [-0.15, -0.1) is 0 Å². The van der Waals surface area contributed by atoms with Crippen LogP contribution in [0.25, 0.3) is 0 Å². The highest BCUT2D eigenvalue weighted by Crippen LogP contribution is 2.21. The lowest BCUT2D eigenvalue weighted by Gasteiger charge is -2.05. The molecule has 2 heterocycles. The largest absolute Gasteiger partial charge is 0.482 e. The minimum atomic E-state index is -0.733. The second kappa shape index (κ2) is 5.75. The van der Waals surface area contributed by atoms with Gasteiger partial charge < -0.3 is 14.9 Å². The molecule has 0 bridgehead atoms. The summed E-state index contributed by atoms with van der Waals surface area (Å²) in [6.07, 6.45) is 1.51. The summed E-state index contributed by atoms with van der Waals surface area (Å²) < 4.78 is 10.4. The van der Waals surface area contributed by atoms with Crippen LogP contribution in [0, 0.1) is 6.92 Å². The maximum atomic E-state index is 12.0. The lowest BCUT2D eigenvalue weighted by Crippen LogP contribution is -2.12. The van der Waals surface area contributed by atoms with Crippen LogP contribution >= 0.6 is 11.6 Å². The Kier molecular flexibility index (Phi) is 4.05. The fraction of sp³-hybridized carbons (Fsp3) is 0.154. The van der Waals surface area contributed by atoms with Crippen molar-refractivity contribution in [3.63, 3.8) is 0 Å². The maximum absolute atomic E-state index is 12.0. The van der Waals surface area contributed by atoms with Crippen LogP contribution in [0.1, 0.15) is 26.7 Å². The van der Waals surface area contributed by atoms with Crippen LogP contribution in [0.3, 0.4) is 0 Å². The van der Waals surface area contributed by atoms with E-state index in [4.69, 9.17) is 26.5 Å². The number of aryl methyl sites for hydroxylation is 1. The number of rotatable bonds is 5. The number of carbonyl (C=O) groups is 2. The maximum Gasteiger partial charge on any atom is 0.284 e. The minimum absolute atomic E-state index is 0.0646. The Morgan fingerprint density at radius 2 is 2.25 bits per heavy atom. The zero-order valence-corrected chi connectivity index (χ0v) is 11.3. The van der Waals surface area contributed by atoms with Gasteiger partial charge in [0.05, 0.1) is 5.56 Å². The number of pyridine rings is 1. The number of amides is 1. The van der Waals surface area contributed by atoms with E-state index in [-0.39, 0.29) is 28.9 Å². The van der Waals surface area contributed by atoms with Crippen LogP contribution in [0.2, 0.25) is 5.15 Å². The van der Waals surface area contributed by atoms with Crippen LogP contribution in [0.5, 0.6) is 5.75 Å². The zero-order valence-electron chi connectivity index (χ0n) is 10.6. The topological polar surface area (TPSA) is 95.4 Å². The number of primary amides is 1. The number of halogens is 1. The molecule has 0 saturated carbocycles. The molecule has 2 N–H and O–H groups in total. The van der Waals surface area contributed by atoms with Crippen molar-refractivity contribution in [3.8, 4) is 5.75 Å². The van der Waals surface area contributed by atoms with E-state index in [0.29, 0.717) is 11.5 Å². The van der Waals surface area contributed by atoms with Gasteiger partial charge >= 0.3 is 0 Å². The molecule has 104 valence electrons. The number of ether oxygens (including phenoxy) is 1. The van der Waals surface area contributed by atoms with Crippen LogP contribution in [0.4, 0.5) is 0 Å². The van der Waals surface area contributed by atoms with Gasteiger partial charge in [0.1, 0.15) is 5.76 Å². The third-order valence-electron chi connectivity index (χ3n) is 2.54. The van der Waals surface area contributed by atoms with Gasteiger partial charge in [-0.1, -0.05) is 11.6 Å². The Morgan fingerprint density at radius 1 is 1.50 bits per heavy atom. The van der Waals surface area contributed by atoms with Gasteiger partial charge in [0.2, 0.25) is 5.78 Å². The number of carbonyl (C=O) groups excluding carboxylic acids is 2. The summed E-state index contributed by atoms with van der Waals surface area (Å²) in [6.45, 7) is 1.32. The number of nitrogens with two attached hydrogens (primary N) is 1. The lowest BCUT2D eigenvalue weighted by atomic mass is 10.1. The monoisotopic (exact) mass is 294 g/mol.